The van der Waals surface area contributed by atoms with Crippen LogP contribution in [-0.2, 0) is 34.0 Å². The number of aromatic nitrogens is 2. The minimum atomic E-state index is -2.89. The van der Waals surface area contributed by atoms with Gasteiger partial charge in [0.15, 0.2) is 9.84 Å². The van der Waals surface area contributed by atoms with Gasteiger partial charge in [-0.05, 0) is 24.3 Å². The minimum Gasteiger partial charge on any atom is -0.355 e. The van der Waals surface area contributed by atoms with Gasteiger partial charge < -0.3 is 5.32 Å². The molecule has 1 atom stereocenters. The van der Waals surface area contributed by atoms with Crippen LogP contribution in [0.25, 0.3) is 0 Å². The van der Waals surface area contributed by atoms with E-state index in [0.29, 0.717) is 26.1 Å². The van der Waals surface area contributed by atoms with Crippen molar-refractivity contribution < 1.29 is 13.2 Å². The molecule has 0 aliphatic carbocycles. The van der Waals surface area contributed by atoms with Gasteiger partial charge in [0.2, 0.25) is 5.91 Å². The second kappa shape index (κ2) is 7.14. The summed E-state index contributed by atoms with van der Waals surface area (Å²) in [5.74, 6) is 1.28. The van der Waals surface area contributed by atoms with E-state index in [2.05, 4.69) is 20.2 Å². The molecular formula is C16H24N4O3S. The third-order valence-electron chi connectivity index (χ3n) is 4.67. The lowest BCUT2D eigenvalue weighted by Gasteiger charge is -2.27. The monoisotopic (exact) mass is 352 g/mol. The van der Waals surface area contributed by atoms with Crippen molar-refractivity contribution in [3.05, 3.63) is 23.3 Å². The molecule has 2 aliphatic heterocycles. The molecule has 3 rings (SSSR count). The topological polar surface area (TPSA) is 92.3 Å². The summed E-state index contributed by atoms with van der Waals surface area (Å²) in [6.45, 7) is 4.27. The van der Waals surface area contributed by atoms with Gasteiger partial charge in [0.25, 0.3) is 0 Å². The number of sulfone groups is 1. The molecule has 1 amide bonds. The second-order valence-electron chi connectivity index (χ2n) is 6.65. The van der Waals surface area contributed by atoms with Crippen molar-refractivity contribution >= 4 is 15.7 Å². The van der Waals surface area contributed by atoms with E-state index >= 15 is 0 Å². The van der Waals surface area contributed by atoms with Crippen molar-refractivity contribution in [2.75, 3.05) is 31.1 Å². The molecule has 8 heteroatoms. The fraction of sp³-hybridized carbons (Fsp3) is 0.688. The molecule has 1 aromatic heterocycles. The third kappa shape index (κ3) is 4.30. The van der Waals surface area contributed by atoms with Crippen molar-refractivity contribution in [3.8, 4) is 0 Å². The average Bonchev–Trinajstić information content (AvgIpc) is 2.91. The van der Waals surface area contributed by atoms with Gasteiger partial charge in [-0.2, -0.15) is 0 Å². The zero-order chi connectivity index (χ0) is 17.2. The summed E-state index contributed by atoms with van der Waals surface area (Å²) in [7, 11) is -2.89. The molecule has 1 aromatic rings. The first kappa shape index (κ1) is 17.3. The first-order valence-corrected chi connectivity index (χ1v) is 10.3. The molecule has 2 aliphatic rings. The summed E-state index contributed by atoms with van der Waals surface area (Å²) >= 11 is 0. The van der Waals surface area contributed by atoms with Gasteiger partial charge in [0, 0.05) is 32.3 Å². The number of aryl methyl sites for hydroxylation is 1. The fourth-order valence-electron chi connectivity index (χ4n) is 3.25. The highest BCUT2D eigenvalue weighted by Gasteiger charge is 2.28. The molecule has 0 saturated carbocycles. The largest absolute Gasteiger partial charge is 0.355 e. The zero-order valence-corrected chi connectivity index (χ0v) is 14.8. The van der Waals surface area contributed by atoms with Crippen LogP contribution in [0.4, 0.5) is 0 Å². The van der Waals surface area contributed by atoms with E-state index in [1.54, 1.807) is 0 Å². The Morgan fingerprint density at radius 1 is 1.46 bits per heavy atom. The molecule has 1 unspecified atom stereocenters. The maximum atomic E-state index is 12.1. The summed E-state index contributed by atoms with van der Waals surface area (Å²) in [5, 5.41) is 2.88. The van der Waals surface area contributed by atoms with Crippen LogP contribution in [0, 0.1) is 5.92 Å². The van der Waals surface area contributed by atoms with Crippen molar-refractivity contribution in [1.82, 2.24) is 20.2 Å². The SMILES string of the molecule is CCc1ncc2c(n1)CN(CC(=O)NCC1CCS(=O)(=O)C1)CC2. The Labute approximate surface area is 142 Å². The van der Waals surface area contributed by atoms with Crippen molar-refractivity contribution in [2.45, 2.75) is 32.7 Å². The van der Waals surface area contributed by atoms with Gasteiger partial charge in [-0.25, -0.2) is 18.4 Å². The standard InChI is InChI=1S/C16H24N4O3S/c1-2-15-17-8-13-3-5-20(9-14(13)19-15)10-16(21)18-7-12-4-6-24(22,23)11-12/h8,12H,2-7,9-11H2,1H3,(H,18,21). The Morgan fingerprint density at radius 2 is 2.29 bits per heavy atom. The lowest BCUT2D eigenvalue weighted by Crippen LogP contribution is -2.41. The van der Waals surface area contributed by atoms with Crippen LogP contribution in [0.2, 0.25) is 0 Å². The maximum absolute atomic E-state index is 12.1. The summed E-state index contributed by atoms with van der Waals surface area (Å²) in [4.78, 5) is 23.1. The number of hydrogen-bond donors (Lipinski definition) is 1. The maximum Gasteiger partial charge on any atom is 0.234 e. The molecule has 1 fully saturated rings. The molecule has 0 bridgehead atoms. The Kier molecular flexibility index (Phi) is 5.15. The van der Waals surface area contributed by atoms with Gasteiger partial charge in [-0.15, -0.1) is 0 Å². The van der Waals surface area contributed by atoms with E-state index in [1.807, 2.05) is 13.1 Å². The lowest BCUT2D eigenvalue weighted by molar-refractivity contribution is -0.122. The highest BCUT2D eigenvalue weighted by Crippen LogP contribution is 2.18. The van der Waals surface area contributed by atoms with Crippen LogP contribution >= 0.6 is 0 Å². The Morgan fingerprint density at radius 3 is 3.00 bits per heavy atom. The average molecular weight is 352 g/mol. The summed E-state index contributed by atoms with van der Waals surface area (Å²) < 4.78 is 22.9. The summed E-state index contributed by atoms with van der Waals surface area (Å²) in [6.07, 6.45) is 4.21. The van der Waals surface area contributed by atoms with E-state index in [9.17, 15) is 13.2 Å². The number of nitrogens with zero attached hydrogens (tertiary/aromatic N) is 3. The molecule has 0 spiro atoms. The van der Waals surface area contributed by atoms with Crippen molar-refractivity contribution in [2.24, 2.45) is 5.92 Å². The number of amides is 1. The molecule has 0 aromatic carbocycles. The first-order chi connectivity index (χ1) is 11.4. The molecule has 1 N–H and O–H groups in total. The molecule has 3 heterocycles. The molecule has 132 valence electrons. The number of fused-ring (bicyclic) bond motifs is 1. The number of carbonyl (C=O) groups excluding carboxylic acids is 1. The quantitative estimate of drug-likeness (QED) is 0.799. The fourth-order valence-corrected chi connectivity index (χ4v) is 5.12. The van der Waals surface area contributed by atoms with E-state index in [4.69, 9.17) is 0 Å². The first-order valence-electron chi connectivity index (χ1n) is 8.48. The van der Waals surface area contributed by atoms with Gasteiger partial charge in [-0.1, -0.05) is 6.92 Å². The van der Waals surface area contributed by atoms with E-state index in [1.165, 1.54) is 5.56 Å². The smallest absolute Gasteiger partial charge is 0.234 e. The number of hydrogen-bond acceptors (Lipinski definition) is 6. The molecule has 24 heavy (non-hydrogen) atoms. The normalized spacial score (nSPS) is 23.0. The van der Waals surface area contributed by atoms with Crippen molar-refractivity contribution in [3.63, 3.8) is 0 Å². The Bertz CT molecular complexity index is 720. The van der Waals surface area contributed by atoms with Crippen LogP contribution in [0.1, 0.15) is 30.4 Å². The summed E-state index contributed by atoms with van der Waals surface area (Å²) in [6, 6.07) is 0. The number of nitrogens with one attached hydrogen (secondary N) is 1. The lowest BCUT2D eigenvalue weighted by atomic mass is 10.1. The predicted octanol–water partition coefficient (Wildman–Crippen LogP) is -0.0520. The zero-order valence-electron chi connectivity index (χ0n) is 14.0. The molecule has 0 radical (unpaired) electrons. The third-order valence-corrected chi connectivity index (χ3v) is 6.51. The van der Waals surface area contributed by atoms with Crippen LogP contribution in [0.15, 0.2) is 6.20 Å². The van der Waals surface area contributed by atoms with Gasteiger partial charge in [-0.3, -0.25) is 9.69 Å². The molecule has 1 saturated heterocycles. The second-order valence-corrected chi connectivity index (χ2v) is 8.87. The summed E-state index contributed by atoms with van der Waals surface area (Å²) in [5.41, 5.74) is 2.18. The Balaban J connectivity index is 1.48. The highest BCUT2D eigenvalue weighted by molar-refractivity contribution is 7.91. The highest BCUT2D eigenvalue weighted by atomic mass is 32.2. The number of carbonyl (C=O) groups is 1. The van der Waals surface area contributed by atoms with Crippen LogP contribution in [0.3, 0.4) is 0 Å². The van der Waals surface area contributed by atoms with Gasteiger partial charge in [0.1, 0.15) is 5.82 Å². The van der Waals surface area contributed by atoms with Crippen molar-refractivity contribution in [1.29, 1.82) is 0 Å². The molecular weight excluding hydrogens is 328 g/mol. The number of rotatable bonds is 5. The van der Waals surface area contributed by atoms with Crippen LogP contribution in [0.5, 0.6) is 0 Å². The predicted molar refractivity (Wildman–Crippen MR) is 90.2 cm³/mol. The molecule has 7 nitrogen and oxygen atoms in total. The van der Waals surface area contributed by atoms with E-state index in [0.717, 1.165) is 30.9 Å². The van der Waals surface area contributed by atoms with Gasteiger partial charge in [0.05, 0.1) is 23.7 Å². The van der Waals surface area contributed by atoms with Crippen LogP contribution in [-0.4, -0.2) is 60.3 Å². The Hall–Kier alpha value is -1.54. The van der Waals surface area contributed by atoms with Gasteiger partial charge >= 0.3 is 0 Å². The van der Waals surface area contributed by atoms with E-state index < -0.39 is 9.84 Å². The van der Waals surface area contributed by atoms with Crippen LogP contribution < -0.4 is 5.32 Å². The minimum absolute atomic E-state index is 0.0486. The van der Waals surface area contributed by atoms with E-state index in [-0.39, 0.29) is 23.3 Å².